The molecule has 0 radical (unpaired) electrons. The fourth-order valence-electron chi connectivity index (χ4n) is 1.12. The van der Waals surface area contributed by atoms with Gasteiger partial charge >= 0.3 is 0 Å². The number of hydrogen-bond acceptors (Lipinski definition) is 1. The monoisotopic (exact) mass is 147 g/mol. The third kappa shape index (κ3) is 1.90. The van der Waals surface area contributed by atoms with Crippen LogP contribution in [-0.4, -0.2) is 12.8 Å². The molecule has 1 rings (SSSR count). The summed E-state index contributed by atoms with van der Waals surface area (Å²) < 4.78 is 0. The Bertz CT molecular complexity index is 236. The zero-order valence-corrected chi connectivity index (χ0v) is 7.04. The predicted molar refractivity (Wildman–Crippen MR) is 49.2 cm³/mol. The number of rotatable bonds is 2. The van der Waals surface area contributed by atoms with Gasteiger partial charge in [-0.2, -0.15) is 0 Å². The Morgan fingerprint density at radius 3 is 2.36 bits per heavy atom. The van der Waals surface area contributed by atoms with Crippen molar-refractivity contribution in [2.75, 3.05) is 7.05 Å². The average Bonchev–Trinajstić information content (AvgIpc) is 2.09. The van der Waals surface area contributed by atoms with Crippen LogP contribution >= 0.6 is 0 Å². The van der Waals surface area contributed by atoms with Gasteiger partial charge in [-0.3, -0.25) is 4.99 Å². The predicted octanol–water partition coefficient (Wildman–Crippen LogP) is 2.52. The van der Waals surface area contributed by atoms with Gasteiger partial charge in [-0.15, -0.1) is 0 Å². The van der Waals surface area contributed by atoms with Crippen molar-refractivity contribution in [1.82, 2.24) is 0 Å². The minimum absolute atomic E-state index is 1.00. The minimum atomic E-state index is 1.00. The van der Waals surface area contributed by atoms with E-state index in [0.29, 0.717) is 0 Å². The second-order valence-corrected chi connectivity index (χ2v) is 2.39. The topological polar surface area (TPSA) is 12.4 Å². The molecule has 0 fully saturated rings. The second kappa shape index (κ2) is 3.91. The van der Waals surface area contributed by atoms with Crippen LogP contribution in [0, 0.1) is 0 Å². The molecule has 1 aromatic carbocycles. The molecule has 0 atom stereocenters. The van der Waals surface area contributed by atoms with E-state index >= 15 is 0 Å². The van der Waals surface area contributed by atoms with Crippen LogP contribution in [0.4, 0.5) is 0 Å². The molecule has 0 N–H and O–H groups in total. The van der Waals surface area contributed by atoms with Crippen molar-refractivity contribution in [2.24, 2.45) is 4.99 Å². The highest BCUT2D eigenvalue weighted by atomic mass is 14.7. The summed E-state index contributed by atoms with van der Waals surface area (Å²) in [5, 5.41) is 0. The van der Waals surface area contributed by atoms with E-state index in [0.717, 1.165) is 6.42 Å². The van der Waals surface area contributed by atoms with Crippen LogP contribution in [0.2, 0.25) is 0 Å². The molecule has 1 aromatic rings. The van der Waals surface area contributed by atoms with Crippen LogP contribution in [0.3, 0.4) is 0 Å². The van der Waals surface area contributed by atoms with Crippen LogP contribution < -0.4 is 0 Å². The molecule has 0 unspecified atom stereocenters. The maximum atomic E-state index is 4.19. The Labute approximate surface area is 67.8 Å². The van der Waals surface area contributed by atoms with E-state index in [9.17, 15) is 0 Å². The molecule has 0 amide bonds. The van der Waals surface area contributed by atoms with E-state index in [1.165, 1.54) is 11.3 Å². The van der Waals surface area contributed by atoms with E-state index in [1.54, 1.807) is 0 Å². The Morgan fingerprint density at radius 2 is 1.91 bits per heavy atom. The zero-order valence-electron chi connectivity index (χ0n) is 7.04. The van der Waals surface area contributed by atoms with Crippen LogP contribution in [0.25, 0.3) is 0 Å². The molecule has 58 valence electrons. The van der Waals surface area contributed by atoms with Gasteiger partial charge in [0.15, 0.2) is 0 Å². The Hall–Kier alpha value is -1.11. The van der Waals surface area contributed by atoms with E-state index in [-0.39, 0.29) is 0 Å². The Morgan fingerprint density at radius 1 is 1.27 bits per heavy atom. The second-order valence-electron chi connectivity index (χ2n) is 2.39. The van der Waals surface area contributed by atoms with Gasteiger partial charge < -0.3 is 0 Å². The van der Waals surface area contributed by atoms with Crippen molar-refractivity contribution in [3.8, 4) is 0 Å². The van der Waals surface area contributed by atoms with E-state index < -0.39 is 0 Å². The normalized spacial score (nSPS) is 11.6. The maximum absolute atomic E-state index is 4.19. The Kier molecular flexibility index (Phi) is 2.84. The molecule has 0 saturated heterocycles. The van der Waals surface area contributed by atoms with Crippen LogP contribution in [0.5, 0.6) is 0 Å². The van der Waals surface area contributed by atoms with Gasteiger partial charge in [0.05, 0.1) is 0 Å². The summed E-state index contributed by atoms with van der Waals surface area (Å²) in [5.41, 5.74) is 2.41. The molecule has 0 aliphatic carbocycles. The van der Waals surface area contributed by atoms with Crippen LogP contribution in [0.15, 0.2) is 35.3 Å². The van der Waals surface area contributed by atoms with E-state index in [1.807, 2.05) is 25.2 Å². The molecular weight excluding hydrogens is 134 g/mol. The van der Waals surface area contributed by atoms with Gasteiger partial charge in [0.25, 0.3) is 0 Å². The summed E-state index contributed by atoms with van der Waals surface area (Å²) in [6, 6.07) is 10.3. The molecule has 1 nitrogen and oxygen atoms in total. The lowest BCUT2D eigenvalue weighted by atomic mass is 10.1. The van der Waals surface area contributed by atoms with E-state index in [4.69, 9.17) is 0 Å². The summed E-state index contributed by atoms with van der Waals surface area (Å²) in [6.07, 6.45) is 1.00. The number of hydrogen-bond donors (Lipinski definition) is 0. The molecule has 0 spiro atoms. The SMILES string of the molecule is CC/C(=N/C)c1ccccc1. The first-order valence-corrected chi connectivity index (χ1v) is 3.89. The fraction of sp³-hybridized carbons (Fsp3) is 0.300. The lowest BCUT2D eigenvalue weighted by Gasteiger charge is -2.00. The first-order valence-electron chi connectivity index (χ1n) is 3.89. The molecule has 0 aromatic heterocycles. The van der Waals surface area contributed by atoms with Crippen LogP contribution in [0.1, 0.15) is 18.9 Å². The lowest BCUT2D eigenvalue weighted by molar-refractivity contribution is 1.24. The first kappa shape index (κ1) is 7.99. The quantitative estimate of drug-likeness (QED) is 0.570. The van der Waals surface area contributed by atoms with Crippen molar-refractivity contribution in [2.45, 2.75) is 13.3 Å². The third-order valence-electron chi connectivity index (χ3n) is 1.71. The lowest BCUT2D eigenvalue weighted by Crippen LogP contribution is -1.97. The molecule has 0 aliphatic heterocycles. The standard InChI is InChI=1S/C10H13N/c1-3-10(11-2)9-7-5-4-6-8-9/h4-8H,3H2,1-2H3/b11-10-. The van der Waals surface area contributed by atoms with E-state index in [2.05, 4.69) is 24.0 Å². The number of benzene rings is 1. The van der Waals surface area contributed by atoms with Crippen LogP contribution in [-0.2, 0) is 0 Å². The summed E-state index contributed by atoms with van der Waals surface area (Å²) in [6.45, 7) is 2.12. The number of aliphatic imine (C=N–C) groups is 1. The highest BCUT2D eigenvalue weighted by Crippen LogP contribution is 2.03. The van der Waals surface area contributed by atoms with Gasteiger partial charge in [0.1, 0.15) is 0 Å². The van der Waals surface area contributed by atoms with Gasteiger partial charge in [-0.05, 0) is 12.0 Å². The van der Waals surface area contributed by atoms with Crippen molar-refractivity contribution >= 4 is 5.71 Å². The molecule has 0 heterocycles. The number of nitrogens with zero attached hydrogens (tertiary/aromatic N) is 1. The summed E-state index contributed by atoms with van der Waals surface area (Å²) in [4.78, 5) is 4.19. The highest BCUT2D eigenvalue weighted by Gasteiger charge is 1.95. The molecule has 0 bridgehead atoms. The van der Waals surface area contributed by atoms with Gasteiger partial charge in [-0.25, -0.2) is 0 Å². The van der Waals surface area contributed by atoms with Gasteiger partial charge in [-0.1, -0.05) is 37.3 Å². The maximum Gasteiger partial charge on any atom is 0.0414 e. The first-order chi connectivity index (χ1) is 5.38. The molecule has 11 heavy (non-hydrogen) atoms. The summed E-state index contributed by atoms with van der Waals surface area (Å²) in [5.74, 6) is 0. The smallest absolute Gasteiger partial charge is 0.0414 e. The zero-order chi connectivity index (χ0) is 8.10. The summed E-state index contributed by atoms with van der Waals surface area (Å²) >= 11 is 0. The van der Waals surface area contributed by atoms with Gasteiger partial charge in [0.2, 0.25) is 0 Å². The average molecular weight is 147 g/mol. The fourth-order valence-corrected chi connectivity index (χ4v) is 1.12. The molecule has 1 heteroatoms. The Balaban J connectivity index is 2.92. The molecular formula is C10H13N. The third-order valence-corrected chi connectivity index (χ3v) is 1.71. The minimum Gasteiger partial charge on any atom is -0.292 e. The summed E-state index contributed by atoms with van der Waals surface area (Å²) in [7, 11) is 1.84. The highest BCUT2D eigenvalue weighted by molar-refractivity contribution is 6.00. The van der Waals surface area contributed by atoms with Crippen molar-refractivity contribution in [3.05, 3.63) is 35.9 Å². The van der Waals surface area contributed by atoms with Crippen molar-refractivity contribution in [1.29, 1.82) is 0 Å². The molecule has 0 saturated carbocycles. The molecule has 0 aliphatic rings. The van der Waals surface area contributed by atoms with Gasteiger partial charge in [0, 0.05) is 12.8 Å². The van der Waals surface area contributed by atoms with Crippen molar-refractivity contribution in [3.63, 3.8) is 0 Å². The largest absolute Gasteiger partial charge is 0.292 e. The van der Waals surface area contributed by atoms with Crippen molar-refractivity contribution < 1.29 is 0 Å².